The van der Waals surface area contributed by atoms with Crippen LogP contribution in [0.5, 0.6) is 0 Å². The molecule has 0 bridgehead atoms. The Labute approximate surface area is 180 Å². The van der Waals surface area contributed by atoms with Gasteiger partial charge in [0.05, 0.1) is 0 Å². The Balaban J connectivity index is 1.68. The zero-order valence-corrected chi connectivity index (χ0v) is 19.7. The van der Waals surface area contributed by atoms with E-state index in [-0.39, 0.29) is 5.41 Å². The normalized spacial score (nSPS) is 20.7. The van der Waals surface area contributed by atoms with Gasteiger partial charge in [-0.1, -0.05) is 0 Å². The topological polar surface area (TPSA) is 0 Å². The molecule has 27 heavy (non-hydrogen) atoms. The van der Waals surface area contributed by atoms with E-state index in [1.165, 1.54) is 54.4 Å². The van der Waals surface area contributed by atoms with Crippen molar-refractivity contribution in [3.05, 3.63) is 64.7 Å². The predicted molar refractivity (Wildman–Crippen MR) is 112 cm³/mol. The molecule has 0 spiro atoms. The Bertz CT molecular complexity index is 855. The summed E-state index contributed by atoms with van der Waals surface area (Å²) in [7, 11) is 0. The van der Waals surface area contributed by atoms with Crippen LogP contribution in [-0.4, -0.2) is 0 Å². The molecular formula is C26H31Zr. The monoisotopic (exact) mass is 433 g/mol. The first-order valence-corrected chi connectivity index (χ1v) is 11.9. The van der Waals surface area contributed by atoms with Crippen molar-refractivity contribution in [1.82, 2.24) is 0 Å². The summed E-state index contributed by atoms with van der Waals surface area (Å²) in [5.74, 6) is 0. The van der Waals surface area contributed by atoms with Crippen LogP contribution < -0.4 is 0 Å². The van der Waals surface area contributed by atoms with Gasteiger partial charge in [-0.2, -0.15) is 0 Å². The van der Waals surface area contributed by atoms with Crippen molar-refractivity contribution in [2.45, 2.75) is 68.8 Å². The van der Waals surface area contributed by atoms with Crippen LogP contribution in [-0.2, 0) is 30.1 Å². The summed E-state index contributed by atoms with van der Waals surface area (Å²) in [6.45, 7) is 9.24. The number of benzene rings is 2. The van der Waals surface area contributed by atoms with Crippen molar-refractivity contribution in [1.29, 1.82) is 0 Å². The number of hydrogen-bond acceptors (Lipinski definition) is 0. The first-order valence-electron chi connectivity index (χ1n) is 10.5. The van der Waals surface area contributed by atoms with Crippen LogP contribution in [0.4, 0.5) is 0 Å². The van der Waals surface area contributed by atoms with Gasteiger partial charge in [0.2, 0.25) is 0 Å². The molecule has 0 radical (unpaired) electrons. The van der Waals surface area contributed by atoms with E-state index in [1.54, 1.807) is 35.9 Å². The molecule has 1 fully saturated rings. The molecule has 2 aromatic rings. The molecule has 1 saturated carbocycles. The van der Waals surface area contributed by atoms with Crippen LogP contribution >= 0.6 is 0 Å². The summed E-state index contributed by atoms with van der Waals surface area (Å²) in [6.07, 6.45) is 9.50. The molecule has 0 aromatic heterocycles. The minimum atomic E-state index is 0.208. The van der Waals surface area contributed by atoms with Gasteiger partial charge in [0, 0.05) is 0 Å². The maximum absolute atomic E-state index is 2.55. The van der Waals surface area contributed by atoms with Gasteiger partial charge in [-0.15, -0.1) is 0 Å². The molecule has 2 aliphatic carbocycles. The second-order valence-corrected chi connectivity index (χ2v) is 11.1. The maximum atomic E-state index is 2.55. The molecule has 4 rings (SSSR count). The van der Waals surface area contributed by atoms with Crippen LogP contribution in [0.3, 0.4) is 0 Å². The fourth-order valence-electron chi connectivity index (χ4n) is 4.78. The summed E-state index contributed by atoms with van der Waals surface area (Å²) in [6, 6.07) is 16.2. The van der Waals surface area contributed by atoms with E-state index in [0.29, 0.717) is 9.04 Å². The Kier molecular flexibility index (Phi) is 5.13. The molecule has 1 unspecified atom stereocenters. The van der Waals surface area contributed by atoms with Gasteiger partial charge in [0.15, 0.2) is 0 Å². The molecule has 0 amide bonds. The Hall–Kier alpha value is -0.937. The molecule has 0 aliphatic heterocycles. The zero-order valence-electron chi connectivity index (χ0n) is 17.2. The van der Waals surface area contributed by atoms with Gasteiger partial charge in [0.1, 0.15) is 0 Å². The fourth-order valence-corrected chi connectivity index (χ4v) is 5.86. The molecular weight excluding hydrogens is 404 g/mol. The van der Waals surface area contributed by atoms with Crippen LogP contribution in [0.15, 0.2) is 48.0 Å². The van der Waals surface area contributed by atoms with Crippen molar-refractivity contribution in [2.24, 2.45) is 5.41 Å². The first-order chi connectivity index (χ1) is 12.8. The molecule has 1 heteroatoms. The predicted octanol–water partition coefficient (Wildman–Crippen LogP) is 7.61. The summed E-state index contributed by atoms with van der Waals surface area (Å²) in [5.41, 5.74) is 9.74. The van der Waals surface area contributed by atoms with Gasteiger partial charge < -0.3 is 0 Å². The molecule has 0 N–H and O–H groups in total. The zero-order chi connectivity index (χ0) is 19.2. The molecule has 0 saturated heterocycles. The van der Waals surface area contributed by atoms with Crippen LogP contribution in [0, 0.1) is 5.41 Å². The average Bonchev–Trinajstić information content (AvgIpc) is 2.93. The van der Waals surface area contributed by atoms with E-state index in [0.717, 1.165) is 0 Å². The van der Waals surface area contributed by atoms with E-state index in [2.05, 4.69) is 76.2 Å². The molecule has 0 nitrogen and oxygen atoms in total. The number of hydrogen-bond donors (Lipinski definition) is 0. The number of allylic oxidation sites excluding steroid dienone is 1. The number of fused-ring (bicyclic) bond motifs is 1. The van der Waals surface area contributed by atoms with Crippen molar-refractivity contribution in [3.63, 3.8) is 0 Å². The third-order valence-electron chi connectivity index (χ3n) is 6.96. The third-order valence-corrected chi connectivity index (χ3v) is 8.63. The van der Waals surface area contributed by atoms with Crippen molar-refractivity contribution in [2.75, 3.05) is 0 Å². The molecule has 2 aromatic carbocycles. The first kappa shape index (κ1) is 19.4. The van der Waals surface area contributed by atoms with E-state index in [1.807, 2.05) is 0 Å². The van der Waals surface area contributed by atoms with E-state index in [4.69, 9.17) is 0 Å². The minimum absolute atomic E-state index is 0.208. The van der Waals surface area contributed by atoms with Gasteiger partial charge in [-0.25, -0.2) is 0 Å². The molecule has 2 aliphatic rings. The Morgan fingerprint density at radius 2 is 1.74 bits per heavy atom. The fraction of sp³-hybridized carbons (Fsp3) is 0.462. The summed E-state index contributed by atoms with van der Waals surface area (Å²) >= 11 is 1.64. The van der Waals surface area contributed by atoms with Gasteiger partial charge >= 0.3 is 181 Å². The Morgan fingerprint density at radius 1 is 1.04 bits per heavy atom. The molecule has 1 atom stereocenters. The standard InChI is InChI=1S/C26H31.Zr/c1-5-26(14-7-15-26)18-19-16-21-8-6-9-23(24(21)17-19)20-10-12-22(13-11-20)25(2,3)4;/h6,8-13,16-17H,5,7,14-15,18H2,1-4H3;. The third kappa shape index (κ3) is 3.58. The number of rotatable bonds is 4. The van der Waals surface area contributed by atoms with Gasteiger partial charge in [0.25, 0.3) is 0 Å². The molecule has 139 valence electrons. The molecule has 0 heterocycles. The van der Waals surface area contributed by atoms with Crippen molar-refractivity contribution < 1.29 is 24.7 Å². The van der Waals surface area contributed by atoms with Gasteiger partial charge in [-0.05, 0) is 0 Å². The van der Waals surface area contributed by atoms with Crippen molar-refractivity contribution >= 4 is 6.08 Å². The summed E-state index contributed by atoms with van der Waals surface area (Å²) < 4.78 is 0.657. The van der Waals surface area contributed by atoms with Crippen LogP contribution in [0.1, 0.15) is 80.1 Å². The van der Waals surface area contributed by atoms with E-state index >= 15 is 0 Å². The average molecular weight is 435 g/mol. The quantitative estimate of drug-likeness (QED) is 0.464. The van der Waals surface area contributed by atoms with Crippen LogP contribution in [0.2, 0.25) is 0 Å². The van der Waals surface area contributed by atoms with Crippen LogP contribution in [0.25, 0.3) is 17.2 Å². The second kappa shape index (κ2) is 7.15. The second-order valence-electron chi connectivity index (χ2n) is 9.67. The summed E-state index contributed by atoms with van der Waals surface area (Å²) in [4.78, 5) is 0. The van der Waals surface area contributed by atoms with E-state index < -0.39 is 0 Å². The summed E-state index contributed by atoms with van der Waals surface area (Å²) in [5, 5.41) is 0. The Morgan fingerprint density at radius 3 is 2.30 bits per heavy atom. The van der Waals surface area contributed by atoms with Crippen molar-refractivity contribution in [3.8, 4) is 11.1 Å². The van der Waals surface area contributed by atoms with E-state index in [9.17, 15) is 0 Å². The SMILES string of the molecule is CCC1(CC2=Cc3c(-c4ccc(C(C)(C)C)cc4)cccc3[CH]2[Zr])CCC1. The van der Waals surface area contributed by atoms with Gasteiger partial charge in [-0.3, -0.25) is 0 Å².